The van der Waals surface area contributed by atoms with Crippen molar-refractivity contribution < 1.29 is 0 Å². The van der Waals surface area contributed by atoms with E-state index in [1.54, 1.807) is 24.3 Å². The van der Waals surface area contributed by atoms with Gasteiger partial charge in [-0.25, -0.2) is 0 Å². The molecule has 0 unspecified atom stereocenters. The van der Waals surface area contributed by atoms with E-state index in [9.17, 15) is 0 Å². The Hall–Kier alpha value is -3.12. The topological polar surface area (TPSA) is 0 Å². The molecule has 0 aliphatic rings. The zero-order valence-electron chi connectivity index (χ0n) is 16.0. The number of hydrogen-bond acceptors (Lipinski definition) is 0. The van der Waals surface area contributed by atoms with Crippen molar-refractivity contribution in [2.75, 3.05) is 0 Å². The van der Waals surface area contributed by atoms with E-state index in [-0.39, 0.29) is 0 Å². The third-order valence-corrected chi connectivity index (χ3v) is 3.45. The van der Waals surface area contributed by atoms with Gasteiger partial charge in [0.25, 0.3) is 0 Å². The molecule has 0 rings (SSSR count). The van der Waals surface area contributed by atoms with Gasteiger partial charge in [0.05, 0.1) is 0 Å². The van der Waals surface area contributed by atoms with Gasteiger partial charge in [0, 0.05) is 0 Å². The molecular formula is C26H30. The standard InChI is InChI=1S/C26H30/c1-8-14-19-24(22(7)13-6)26(21-16-10-3)25(20-15-9-2)23(17-11-4)18-12-5/h8-16,18-21H,1-4,6-7,17H2,5H3/b18-12-,19-14-,20-15-,21-16-,25-23-,26-24-. The first-order valence-electron chi connectivity index (χ1n) is 8.51. The molecule has 0 heterocycles. The predicted molar refractivity (Wildman–Crippen MR) is 121 cm³/mol. The smallest absolute Gasteiger partial charge is 0.00941 e. The van der Waals surface area contributed by atoms with Gasteiger partial charge in [0.2, 0.25) is 0 Å². The van der Waals surface area contributed by atoms with E-state index in [2.05, 4.69) is 45.5 Å². The molecule has 0 radical (unpaired) electrons. The monoisotopic (exact) mass is 342 g/mol. The molecule has 134 valence electrons. The highest BCUT2D eigenvalue weighted by Gasteiger charge is 2.10. The zero-order valence-corrected chi connectivity index (χ0v) is 16.0. The van der Waals surface area contributed by atoms with E-state index in [4.69, 9.17) is 0 Å². The summed E-state index contributed by atoms with van der Waals surface area (Å²) < 4.78 is 0. The molecule has 0 atom stereocenters. The van der Waals surface area contributed by atoms with Gasteiger partial charge in [0.15, 0.2) is 0 Å². The average Bonchev–Trinajstić information content (AvgIpc) is 2.65. The first-order valence-corrected chi connectivity index (χ1v) is 8.51. The van der Waals surface area contributed by atoms with Crippen LogP contribution in [0.2, 0.25) is 0 Å². The van der Waals surface area contributed by atoms with Crippen LogP contribution in [-0.4, -0.2) is 0 Å². The van der Waals surface area contributed by atoms with E-state index in [1.807, 2.05) is 55.5 Å². The molecule has 0 heteroatoms. The van der Waals surface area contributed by atoms with Gasteiger partial charge in [-0.15, -0.1) is 6.58 Å². The van der Waals surface area contributed by atoms with E-state index >= 15 is 0 Å². The van der Waals surface area contributed by atoms with Crippen LogP contribution in [0.15, 0.2) is 146 Å². The lowest BCUT2D eigenvalue weighted by Gasteiger charge is -2.15. The lowest BCUT2D eigenvalue weighted by atomic mass is 9.89. The fourth-order valence-corrected chi connectivity index (χ4v) is 2.29. The van der Waals surface area contributed by atoms with Crippen LogP contribution in [0.1, 0.15) is 13.3 Å². The van der Waals surface area contributed by atoms with Crippen molar-refractivity contribution in [2.45, 2.75) is 13.3 Å². The van der Waals surface area contributed by atoms with Gasteiger partial charge in [-0.1, -0.05) is 112 Å². The molecule has 0 fully saturated rings. The third-order valence-electron chi connectivity index (χ3n) is 3.45. The number of hydrogen-bond donors (Lipinski definition) is 0. The first kappa shape index (κ1) is 22.9. The van der Waals surface area contributed by atoms with Crippen LogP contribution in [-0.2, 0) is 0 Å². The van der Waals surface area contributed by atoms with Gasteiger partial charge in [-0.05, 0) is 41.2 Å². The van der Waals surface area contributed by atoms with Crippen molar-refractivity contribution >= 4 is 0 Å². The molecule has 0 amide bonds. The largest absolute Gasteiger partial charge is 0.103 e. The number of allylic oxidation sites excluding steroid dienone is 18. The minimum absolute atomic E-state index is 0.742. The summed E-state index contributed by atoms with van der Waals surface area (Å²) >= 11 is 0. The molecule has 0 bridgehead atoms. The van der Waals surface area contributed by atoms with E-state index in [0.29, 0.717) is 0 Å². The highest BCUT2D eigenvalue weighted by atomic mass is 14.1. The van der Waals surface area contributed by atoms with Gasteiger partial charge in [-0.2, -0.15) is 0 Å². The third kappa shape index (κ3) is 7.63. The predicted octanol–water partition coefficient (Wildman–Crippen LogP) is 7.70. The van der Waals surface area contributed by atoms with Crippen LogP contribution in [0.5, 0.6) is 0 Å². The highest BCUT2D eigenvalue weighted by Crippen LogP contribution is 2.29. The van der Waals surface area contributed by atoms with Crippen molar-refractivity contribution in [3.8, 4) is 0 Å². The van der Waals surface area contributed by atoms with Crippen molar-refractivity contribution in [2.24, 2.45) is 0 Å². The van der Waals surface area contributed by atoms with E-state index in [0.717, 1.165) is 34.3 Å². The second-order valence-electron chi connectivity index (χ2n) is 5.27. The summed E-state index contributed by atoms with van der Waals surface area (Å²) in [6, 6.07) is 0. The minimum Gasteiger partial charge on any atom is -0.103 e. The molecule has 26 heavy (non-hydrogen) atoms. The molecule has 0 spiro atoms. The Morgan fingerprint density at radius 1 is 0.692 bits per heavy atom. The lowest BCUT2D eigenvalue weighted by Crippen LogP contribution is -1.96. The molecule has 0 aromatic rings. The maximum atomic E-state index is 4.14. The average molecular weight is 343 g/mol. The Bertz CT molecular complexity index is 722. The summed E-state index contributed by atoms with van der Waals surface area (Å²) in [5.74, 6) is 0. The Kier molecular flexibility index (Phi) is 12.5. The Labute approximate surface area is 160 Å². The first-order chi connectivity index (χ1) is 12.6. The van der Waals surface area contributed by atoms with Gasteiger partial charge < -0.3 is 0 Å². The van der Waals surface area contributed by atoms with Crippen molar-refractivity contribution in [1.29, 1.82) is 0 Å². The van der Waals surface area contributed by atoms with Crippen LogP contribution < -0.4 is 0 Å². The van der Waals surface area contributed by atoms with Crippen LogP contribution >= 0.6 is 0 Å². The molecule has 0 aromatic heterocycles. The molecule has 0 N–H and O–H groups in total. The van der Waals surface area contributed by atoms with Gasteiger partial charge in [0.1, 0.15) is 0 Å². The number of rotatable bonds is 12. The maximum absolute atomic E-state index is 4.14. The van der Waals surface area contributed by atoms with E-state index in [1.165, 1.54) is 0 Å². The fraction of sp³-hybridized carbons (Fsp3) is 0.0769. The molecule has 0 aliphatic carbocycles. The Morgan fingerprint density at radius 3 is 1.62 bits per heavy atom. The quantitative estimate of drug-likeness (QED) is 0.252. The van der Waals surface area contributed by atoms with Crippen LogP contribution in [0, 0.1) is 0 Å². The van der Waals surface area contributed by atoms with Crippen molar-refractivity contribution in [3.05, 3.63) is 146 Å². The lowest BCUT2D eigenvalue weighted by molar-refractivity contribution is 1.24. The summed E-state index contributed by atoms with van der Waals surface area (Å²) in [7, 11) is 0. The van der Waals surface area contributed by atoms with Crippen LogP contribution in [0.3, 0.4) is 0 Å². The minimum atomic E-state index is 0.742. The SMILES string of the molecule is C=C\C=C/C(C(=C)C=C)=C(\C=C/C=C)C(/C=C\C=C)=C(\C=C/C)CC=C. The Morgan fingerprint density at radius 2 is 1.19 bits per heavy atom. The van der Waals surface area contributed by atoms with Crippen molar-refractivity contribution in [1.82, 2.24) is 0 Å². The van der Waals surface area contributed by atoms with Crippen LogP contribution in [0.4, 0.5) is 0 Å². The molecule has 0 nitrogen and oxygen atoms in total. The second-order valence-corrected chi connectivity index (χ2v) is 5.27. The van der Waals surface area contributed by atoms with Gasteiger partial charge in [-0.3, -0.25) is 0 Å². The zero-order chi connectivity index (χ0) is 19.8. The van der Waals surface area contributed by atoms with Gasteiger partial charge >= 0.3 is 0 Å². The summed E-state index contributed by atoms with van der Waals surface area (Å²) in [6.07, 6.45) is 25.6. The second kappa shape index (κ2) is 14.2. The van der Waals surface area contributed by atoms with E-state index < -0.39 is 0 Å². The summed E-state index contributed by atoms with van der Waals surface area (Å²) in [5, 5.41) is 0. The molecule has 0 saturated heterocycles. The summed E-state index contributed by atoms with van der Waals surface area (Å²) in [4.78, 5) is 0. The molecule has 0 saturated carbocycles. The fourth-order valence-electron chi connectivity index (χ4n) is 2.29. The summed E-state index contributed by atoms with van der Waals surface area (Å²) in [6.45, 7) is 25.3. The Balaban J connectivity index is 7.14. The molecule has 0 aliphatic heterocycles. The molecule has 0 aromatic carbocycles. The van der Waals surface area contributed by atoms with Crippen LogP contribution in [0.25, 0.3) is 0 Å². The maximum Gasteiger partial charge on any atom is -0.00941 e. The summed E-state index contributed by atoms with van der Waals surface area (Å²) in [5.41, 5.74) is 5.02. The molecular weight excluding hydrogens is 312 g/mol. The normalized spacial score (nSPS) is 13.7. The highest BCUT2D eigenvalue weighted by molar-refractivity contribution is 5.62. The van der Waals surface area contributed by atoms with Crippen molar-refractivity contribution in [3.63, 3.8) is 0 Å².